The van der Waals surface area contributed by atoms with Gasteiger partial charge in [-0.1, -0.05) is 24.3 Å². The van der Waals surface area contributed by atoms with Crippen molar-refractivity contribution in [3.05, 3.63) is 35.4 Å². The Morgan fingerprint density at radius 2 is 2.00 bits per heavy atom. The summed E-state index contributed by atoms with van der Waals surface area (Å²) in [6.45, 7) is 4.67. The van der Waals surface area contributed by atoms with Crippen LogP contribution in [0.25, 0.3) is 0 Å². The summed E-state index contributed by atoms with van der Waals surface area (Å²) in [6.07, 6.45) is 3.12. The van der Waals surface area contributed by atoms with E-state index in [1.54, 1.807) is 0 Å². The molecule has 1 atom stereocenters. The van der Waals surface area contributed by atoms with Crippen molar-refractivity contribution in [1.29, 1.82) is 0 Å². The van der Waals surface area contributed by atoms with Crippen LogP contribution in [0.5, 0.6) is 0 Å². The number of aryl methyl sites for hydroxylation is 1. The van der Waals surface area contributed by atoms with Crippen LogP contribution in [0, 0.1) is 6.92 Å². The monoisotopic (exact) mass is 296 g/mol. The quantitative estimate of drug-likeness (QED) is 0.722. The van der Waals surface area contributed by atoms with Crippen LogP contribution < -0.4 is 10.0 Å². The van der Waals surface area contributed by atoms with E-state index >= 15 is 0 Å². The summed E-state index contributed by atoms with van der Waals surface area (Å²) in [6, 6.07) is 8.32. The topological polar surface area (TPSA) is 58.2 Å². The lowest BCUT2D eigenvalue weighted by Crippen LogP contribution is -2.31. The van der Waals surface area contributed by atoms with Gasteiger partial charge in [0.15, 0.2) is 0 Å². The molecule has 4 nitrogen and oxygen atoms in total. The molecule has 1 saturated carbocycles. The predicted octanol–water partition coefficient (Wildman–Crippen LogP) is 2.12. The number of nitrogens with one attached hydrogen (secondary N) is 2. The molecule has 1 fully saturated rings. The molecule has 1 unspecified atom stereocenters. The highest BCUT2D eigenvalue weighted by atomic mass is 32.2. The van der Waals surface area contributed by atoms with Crippen LogP contribution in [0.1, 0.15) is 43.4 Å². The second-order valence-electron chi connectivity index (χ2n) is 5.60. The number of rotatable bonds is 8. The van der Waals surface area contributed by atoms with E-state index in [0.717, 1.165) is 17.7 Å². The summed E-state index contributed by atoms with van der Waals surface area (Å²) in [4.78, 5) is 0. The third-order valence-corrected chi connectivity index (χ3v) is 5.15. The lowest BCUT2D eigenvalue weighted by atomic mass is 10.0. The smallest absolute Gasteiger partial charge is 0.212 e. The molecule has 0 spiro atoms. The molecular weight excluding hydrogens is 272 g/mol. The van der Waals surface area contributed by atoms with E-state index in [2.05, 4.69) is 10.0 Å². The largest absolute Gasteiger partial charge is 0.314 e. The van der Waals surface area contributed by atoms with Crippen molar-refractivity contribution in [1.82, 2.24) is 10.0 Å². The second-order valence-corrected chi connectivity index (χ2v) is 7.47. The molecule has 0 saturated heterocycles. The van der Waals surface area contributed by atoms with Gasteiger partial charge in [0.1, 0.15) is 0 Å². The highest BCUT2D eigenvalue weighted by molar-refractivity contribution is 7.89. The van der Waals surface area contributed by atoms with Gasteiger partial charge in [0.05, 0.1) is 5.75 Å². The highest BCUT2D eigenvalue weighted by Gasteiger charge is 2.21. The molecule has 1 aromatic rings. The molecule has 0 bridgehead atoms. The van der Waals surface area contributed by atoms with Crippen molar-refractivity contribution < 1.29 is 8.42 Å². The van der Waals surface area contributed by atoms with Gasteiger partial charge in [-0.05, 0) is 50.8 Å². The molecule has 1 aliphatic carbocycles. The van der Waals surface area contributed by atoms with Gasteiger partial charge in [-0.2, -0.15) is 0 Å². The van der Waals surface area contributed by atoms with E-state index in [9.17, 15) is 8.42 Å². The molecule has 5 heteroatoms. The molecule has 20 heavy (non-hydrogen) atoms. The number of sulfonamides is 1. The Morgan fingerprint density at radius 1 is 1.30 bits per heavy atom. The van der Waals surface area contributed by atoms with Gasteiger partial charge in [0.25, 0.3) is 0 Å². The minimum Gasteiger partial charge on any atom is -0.314 e. The predicted molar refractivity (Wildman–Crippen MR) is 82.2 cm³/mol. The van der Waals surface area contributed by atoms with Gasteiger partial charge in [-0.3, -0.25) is 0 Å². The summed E-state index contributed by atoms with van der Waals surface area (Å²) < 4.78 is 26.9. The minimum atomic E-state index is -3.21. The van der Waals surface area contributed by atoms with Crippen molar-refractivity contribution in [3.63, 3.8) is 0 Å². The molecule has 1 aliphatic rings. The number of hydrogen-bond acceptors (Lipinski definition) is 3. The van der Waals surface area contributed by atoms with Crippen LogP contribution in [0.4, 0.5) is 0 Å². The first-order valence-electron chi connectivity index (χ1n) is 7.27. The second kappa shape index (κ2) is 6.70. The minimum absolute atomic E-state index is 0.183. The van der Waals surface area contributed by atoms with Crippen LogP contribution in [0.15, 0.2) is 24.3 Å². The van der Waals surface area contributed by atoms with Crippen molar-refractivity contribution in [2.75, 3.05) is 12.3 Å². The van der Waals surface area contributed by atoms with Crippen LogP contribution in [0.3, 0.4) is 0 Å². The van der Waals surface area contributed by atoms with Crippen molar-refractivity contribution in [2.45, 2.75) is 45.2 Å². The fourth-order valence-corrected chi connectivity index (χ4v) is 3.63. The normalized spacial score (nSPS) is 17.1. The van der Waals surface area contributed by atoms with Gasteiger partial charge >= 0.3 is 0 Å². The lowest BCUT2D eigenvalue weighted by molar-refractivity contribution is 0.560. The Labute approximate surface area is 122 Å². The third-order valence-electron chi connectivity index (χ3n) is 3.61. The first-order valence-corrected chi connectivity index (χ1v) is 8.92. The standard InChI is InChI=1S/C15H24N2O2S/c1-12-6-3-4-7-15(12)13(2)17-20(18,19)11-5-10-16-14-8-9-14/h3-4,6-7,13-14,16-17H,5,8-11H2,1-2H3. The highest BCUT2D eigenvalue weighted by Crippen LogP contribution is 2.19. The van der Waals surface area contributed by atoms with Gasteiger partial charge in [-0.25, -0.2) is 13.1 Å². The Kier molecular flexibility index (Phi) is 5.18. The maximum Gasteiger partial charge on any atom is 0.212 e. The van der Waals surface area contributed by atoms with E-state index in [1.165, 1.54) is 12.8 Å². The molecule has 2 rings (SSSR count). The molecule has 1 aromatic carbocycles. The van der Waals surface area contributed by atoms with Crippen LogP contribution in [0.2, 0.25) is 0 Å². The number of benzene rings is 1. The lowest BCUT2D eigenvalue weighted by Gasteiger charge is -2.16. The maximum atomic E-state index is 12.0. The molecule has 112 valence electrons. The first kappa shape index (κ1) is 15.5. The third kappa shape index (κ3) is 4.89. The molecule has 0 aromatic heterocycles. The number of hydrogen-bond donors (Lipinski definition) is 2. The Hall–Kier alpha value is -0.910. The first-order chi connectivity index (χ1) is 9.48. The fraction of sp³-hybridized carbons (Fsp3) is 0.600. The molecule has 0 amide bonds. The van der Waals surface area contributed by atoms with E-state index in [1.807, 2.05) is 38.1 Å². The van der Waals surface area contributed by atoms with E-state index in [-0.39, 0.29) is 11.8 Å². The summed E-state index contributed by atoms with van der Waals surface area (Å²) in [5, 5.41) is 3.33. The molecular formula is C15H24N2O2S. The van der Waals surface area contributed by atoms with Gasteiger partial charge < -0.3 is 5.32 Å². The Morgan fingerprint density at radius 3 is 2.65 bits per heavy atom. The Balaban J connectivity index is 1.82. The summed E-state index contributed by atoms with van der Waals surface area (Å²) in [7, 11) is -3.21. The fourth-order valence-electron chi connectivity index (χ4n) is 2.32. The summed E-state index contributed by atoms with van der Waals surface area (Å²) in [5.41, 5.74) is 2.14. The summed E-state index contributed by atoms with van der Waals surface area (Å²) >= 11 is 0. The molecule has 0 radical (unpaired) electrons. The van der Waals surface area contributed by atoms with Gasteiger partial charge in [-0.15, -0.1) is 0 Å². The van der Waals surface area contributed by atoms with E-state index in [0.29, 0.717) is 12.5 Å². The van der Waals surface area contributed by atoms with Gasteiger partial charge in [0.2, 0.25) is 10.0 Å². The van der Waals surface area contributed by atoms with Crippen molar-refractivity contribution >= 4 is 10.0 Å². The van der Waals surface area contributed by atoms with E-state index in [4.69, 9.17) is 0 Å². The van der Waals surface area contributed by atoms with E-state index < -0.39 is 10.0 Å². The zero-order valence-corrected chi connectivity index (χ0v) is 13.0. The molecule has 2 N–H and O–H groups in total. The average Bonchev–Trinajstić information content (AvgIpc) is 3.18. The summed E-state index contributed by atoms with van der Waals surface area (Å²) in [5.74, 6) is 0.183. The zero-order valence-electron chi connectivity index (χ0n) is 12.2. The molecule has 0 heterocycles. The van der Waals surface area contributed by atoms with Crippen LogP contribution >= 0.6 is 0 Å². The van der Waals surface area contributed by atoms with Gasteiger partial charge in [0, 0.05) is 12.1 Å². The SMILES string of the molecule is Cc1ccccc1C(C)NS(=O)(=O)CCCNC1CC1. The van der Waals surface area contributed by atoms with Crippen molar-refractivity contribution in [3.8, 4) is 0 Å². The maximum absolute atomic E-state index is 12.0. The van der Waals surface area contributed by atoms with Crippen LogP contribution in [-0.2, 0) is 10.0 Å². The zero-order chi connectivity index (χ0) is 14.6. The van der Waals surface area contributed by atoms with Crippen LogP contribution in [-0.4, -0.2) is 26.8 Å². The average molecular weight is 296 g/mol. The molecule has 0 aliphatic heterocycles. The van der Waals surface area contributed by atoms with Crippen molar-refractivity contribution in [2.24, 2.45) is 0 Å². The Bertz CT molecular complexity index is 539.